The topological polar surface area (TPSA) is 18.5 Å². The third-order valence-electron chi connectivity index (χ3n) is 4.69. The molecule has 3 heteroatoms. The molecule has 1 aliphatic heterocycles. The number of nitrogens with one attached hydrogen (secondary N) is 1. The summed E-state index contributed by atoms with van der Waals surface area (Å²) in [6.45, 7) is 16.7. The lowest BCUT2D eigenvalue weighted by Crippen LogP contribution is -2.57. The average Bonchev–Trinajstić information content (AvgIpc) is 2.29. The van der Waals surface area contributed by atoms with E-state index in [4.69, 9.17) is 0 Å². The van der Waals surface area contributed by atoms with Crippen molar-refractivity contribution in [3.8, 4) is 0 Å². The molecule has 1 heterocycles. The van der Waals surface area contributed by atoms with Crippen LogP contribution < -0.4 is 5.32 Å². The molecule has 2 fully saturated rings. The Balaban J connectivity index is 1.71. The smallest absolute Gasteiger partial charge is 0.0137 e. The van der Waals surface area contributed by atoms with Gasteiger partial charge in [0.2, 0.25) is 0 Å². The van der Waals surface area contributed by atoms with Gasteiger partial charge in [-0.05, 0) is 59.0 Å². The molecule has 0 aromatic heterocycles. The second kappa shape index (κ2) is 6.55. The summed E-state index contributed by atoms with van der Waals surface area (Å²) in [6.07, 6.45) is 4.13. The van der Waals surface area contributed by atoms with Crippen molar-refractivity contribution in [1.82, 2.24) is 15.1 Å². The Hall–Kier alpha value is -0.120. The van der Waals surface area contributed by atoms with E-state index in [2.05, 4.69) is 42.8 Å². The summed E-state index contributed by atoms with van der Waals surface area (Å²) < 4.78 is 0. The predicted molar refractivity (Wildman–Crippen MR) is 82.6 cm³/mol. The molecule has 1 saturated heterocycles. The number of hydrogen-bond acceptors (Lipinski definition) is 3. The van der Waals surface area contributed by atoms with Crippen LogP contribution in [0, 0.1) is 5.92 Å². The van der Waals surface area contributed by atoms with Crippen LogP contribution in [0.1, 0.15) is 47.0 Å². The van der Waals surface area contributed by atoms with E-state index in [0.717, 1.165) is 12.0 Å². The summed E-state index contributed by atoms with van der Waals surface area (Å²) in [5.74, 6) is 0.886. The van der Waals surface area contributed by atoms with Crippen LogP contribution in [0.15, 0.2) is 0 Å². The average molecular weight is 267 g/mol. The summed E-state index contributed by atoms with van der Waals surface area (Å²) in [4.78, 5) is 5.38. The standard InChI is InChI=1S/C16H33N3/c1-5-8-18-9-11-19(12-10-18)15-7-6-14(15)13-17-16(2,3)4/h14-15,17H,5-13H2,1-4H3. The highest BCUT2D eigenvalue weighted by Gasteiger charge is 2.36. The Bertz CT molecular complexity index is 264. The van der Waals surface area contributed by atoms with Crippen LogP contribution in [0.4, 0.5) is 0 Å². The fourth-order valence-corrected chi connectivity index (χ4v) is 3.34. The zero-order chi connectivity index (χ0) is 13.9. The van der Waals surface area contributed by atoms with Crippen molar-refractivity contribution in [2.45, 2.75) is 58.5 Å². The van der Waals surface area contributed by atoms with Crippen molar-refractivity contribution in [2.24, 2.45) is 5.92 Å². The minimum Gasteiger partial charge on any atom is -0.312 e. The highest BCUT2D eigenvalue weighted by Crippen LogP contribution is 2.32. The SMILES string of the molecule is CCCN1CCN(C2CCC2CNC(C)(C)C)CC1. The van der Waals surface area contributed by atoms with Gasteiger partial charge in [-0.15, -0.1) is 0 Å². The predicted octanol–water partition coefficient (Wildman–Crippen LogP) is 2.18. The lowest BCUT2D eigenvalue weighted by molar-refractivity contribution is 0.0191. The van der Waals surface area contributed by atoms with Crippen molar-refractivity contribution in [2.75, 3.05) is 39.3 Å². The molecule has 112 valence electrons. The summed E-state index contributed by atoms with van der Waals surface area (Å²) in [6, 6.07) is 0.860. The van der Waals surface area contributed by atoms with Crippen molar-refractivity contribution in [3.05, 3.63) is 0 Å². The highest BCUT2D eigenvalue weighted by atomic mass is 15.3. The molecule has 1 saturated carbocycles. The third kappa shape index (κ3) is 4.44. The van der Waals surface area contributed by atoms with Crippen molar-refractivity contribution < 1.29 is 0 Å². The fourth-order valence-electron chi connectivity index (χ4n) is 3.34. The number of piperazine rings is 1. The second-order valence-electron chi connectivity index (χ2n) is 7.41. The Morgan fingerprint density at radius 1 is 1.05 bits per heavy atom. The van der Waals surface area contributed by atoms with Gasteiger partial charge in [-0.25, -0.2) is 0 Å². The van der Waals surface area contributed by atoms with E-state index in [9.17, 15) is 0 Å². The fraction of sp³-hybridized carbons (Fsp3) is 1.00. The summed E-state index contributed by atoms with van der Waals surface area (Å²) in [5, 5.41) is 3.68. The van der Waals surface area contributed by atoms with Gasteiger partial charge >= 0.3 is 0 Å². The molecule has 3 nitrogen and oxygen atoms in total. The van der Waals surface area contributed by atoms with E-state index in [1.165, 1.54) is 58.5 Å². The van der Waals surface area contributed by atoms with Crippen LogP contribution in [-0.4, -0.2) is 60.6 Å². The van der Waals surface area contributed by atoms with E-state index in [-0.39, 0.29) is 5.54 Å². The van der Waals surface area contributed by atoms with Crippen molar-refractivity contribution >= 4 is 0 Å². The molecule has 0 amide bonds. The maximum Gasteiger partial charge on any atom is 0.0137 e. The molecule has 0 aromatic carbocycles. The van der Waals surface area contributed by atoms with Gasteiger partial charge in [0.1, 0.15) is 0 Å². The zero-order valence-corrected chi connectivity index (χ0v) is 13.4. The van der Waals surface area contributed by atoms with E-state index in [1.807, 2.05) is 0 Å². The van der Waals surface area contributed by atoms with E-state index >= 15 is 0 Å². The first-order chi connectivity index (χ1) is 8.99. The van der Waals surface area contributed by atoms with Crippen LogP contribution in [0.25, 0.3) is 0 Å². The molecule has 0 aromatic rings. The van der Waals surface area contributed by atoms with Crippen molar-refractivity contribution in [3.63, 3.8) is 0 Å². The van der Waals surface area contributed by atoms with Crippen LogP contribution in [-0.2, 0) is 0 Å². The van der Waals surface area contributed by atoms with Gasteiger partial charge in [0.15, 0.2) is 0 Å². The monoisotopic (exact) mass is 267 g/mol. The maximum atomic E-state index is 3.68. The van der Waals surface area contributed by atoms with E-state index in [1.54, 1.807) is 0 Å². The highest BCUT2D eigenvalue weighted by molar-refractivity contribution is 4.93. The number of rotatable bonds is 5. The van der Waals surface area contributed by atoms with Gasteiger partial charge in [0.25, 0.3) is 0 Å². The Kier molecular flexibility index (Phi) is 5.27. The molecule has 2 aliphatic rings. The number of hydrogen-bond donors (Lipinski definition) is 1. The van der Waals surface area contributed by atoms with Crippen LogP contribution in [0.5, 0.6) is 0 Å². The van der Waals surface area contributed by atoms with E-state index < -0.39 is 0 Å². The molecular formula is C16H33N3. The molecule has 1 aliphatic carbocycles. The third-order valence-corrected chi connectivity index (χ3v) is 4.69. The lowest BCUT2D eigenvalue weighted by atomic mass is 9.77. The van der Waals surface area contributed by atoms with Gasteiger partial charge in [0.05, 0.1) is 0 Å². The minimum absolute atomic E-state index is 0.264. The van der Waals surface area contributed by atoms with E-state index in [0.29, 0.717) is 0 Å². The summed E-state index contributed by atoms with van der Waals surface area (Å²) in [7, 11) is 0. The quantitative estimate of drug-likeness (QED) is 0.824. The molecule has 1 N–H and O–H groups in total. The maximum absolute atomic E-state index is 3.68. The largest absolute Gasteiger partial charge is 0.312 e. The number of nitrogens with zero attached hydrogens (tertiary/aromatic N) is 2. The molecule has 0 bridgehead atoms. The molecule has 2 rings (SSSR count). The lowest BCUT2D eigenvalue weighted by Gasteiger charge is -2.48. The first-order valence-electron chi connectivity index (χ1n) is 8.21. The Morgan fingerprint density at radius 2 is 1.74 bits per heavy atom. The van der Waals surface area contributed by atoms with Crippen LogP contribution in [0.3, 0.4) is 0 Å². The first kappa shape index (κ1) is 15.3. The Labute approximate surface area is 119 Å². The Morgan fingerprint density at radius 3 is 2.21 bits per heavy atom. The van der Waals surface area contributed by atoms with Gasteiger partial charge < -0.3 is 10.2 Å². The molecule has 2 atom stereocenters. The molecule has 0 radical (unpaired) electrons. The zero-order valence-electron chi connectivity index (χ0n) is 13.4. The van der Waals surface area contributed by atoms with Gasteiger partial charge in [-0.2, -0.15) is 0 Å². The molecule has 2 unspecified atom stereocenters. The molecular weight excluding hydrogens is 234 g/mol. The molecule has 0 spiro atoms. The van der Waals surface area contributed by atoms with Gasteiger partial charge in [0, 0.05) is 37.8 Å². The first-order valence-corrected chi connectivity index (χ1v) is 8.21. The van der Waals surface area contributed by atoms with Gasteiger partial charge in [-0.3, -0.25) is 4.90 Å². The normalized spacial score (nSPS) is 30.3. The van der Waals surface area contributed by atoms with Crippen molar-refractivity contribution in [1.29, 1.82) is 0 Å². The second-order valence-corrected chi connectivity index (χ2v) is 7.41. The molecule has 19 heavy (non-hydrogen) atoms. The van der Waals surface area contributed by atoms with Crippen LogP contribution >= 0.6 is 0 Å². The van der Waals surface area contributed by atoms with Gasteiger partial charge in [-0.1, -0.05) is 6.92 Å². The summed E-state index contributed by atoms with van der Waals surface area (Å²) >= 11 is 0. The van der Waals surface area contributed by atoms with Crippen LogP contribution in [0.2, 0.25) is 0 Å². The summed E-state index contributed by atoms with van der Waals surface area (Å²) in [5.41, 5.74) is 0.264. The minimum atomic E-state index is 0.264.